The van der Waals surface area contributed by atoms with E-state index in [0.717, 1.165) is 18.5 Å². The van der Waals surface area contributed by atoms with Crippen molar-refractivity contribution in [2.24, 2.45) is 5.92 Å². The summed E-state index contributed by atoms with van der Waals surface area (Å²) in [4.78, 5) is 28.5. The number of rotatable bonds is 6. The minimum absolute atomic E-state index is 0.0799. The third-order valence-electron chi connectivity index (χ3n) is 4.84. The highest BCUT2D eigenvalue weighted by molar-refractivity contribution is 7.88. The molecule has 2 aliphatic rings. The van der Waals surface area contributed by atoms with Crippen molar-refractivity contribution in [3.05, 3.63) is 28.4 Å². The highest BCUT2D eigenvalue weighted by Crippen LogP contribution is 2.38. The number of hydrogen-bond donors (Lipinski definition) is 1. The van der Waals surface area contributed by atoms with Crippen LogP contribution in [0.4, 0.5) is 0 Å². The second-order valence-electron chi connectivity index (χ2n) is 6.85. The van der Waals surface area contributed by atoms with Gasteiger partial charge in [0.1, 0.15) is 0 Å². The molecule has 1 saturated heterocycles. The van der Waals surface area contributed by atoms with Crippen molar-refractivity contribution >= 4 is 15.9 Å². The Hall–Kier alpha value is -1.74. The molecule has 2 heterocycles. The van der Waals surface area contributed by atoms with Crippen molar-refractivity contribution in [1.29, 1.82) is 0 Å². The van der Waals surface area contributed by atoms with Gasteiger partial charge in [-0.05, 0) is 25.7 Å². The van der Waals surface area contributed by atoms with Gasteiger partial charge < -0.3 is 5.32 Å². The van der Waals surface area contributed by atoms with Crippen LogP contribution in [0.5, 0.6) is 0 Å². The Morgan fingerprint density at radius 1 is 1.28 bits per heavy atom. The Labute approximate surface area is 147 Å². The van der Waals surface area contributed by atoms with E-state index >= 15 is 0 Å². The summed E-state index contributed by atoms with van der Waals surface area (Å²) in [5, 5.41) is 2.84. The van der Waals surface area contributed by atoms with Gasteiger partial charge in [-0.3, -0.25) is 14.2 Å². The van der Waals surface area contributed by atoms with Gasteiger partial charge in [-0.1, -0.05) is 0 Å². The van der Waals surface area contributed by atoms with Crippen molar-refractivity contribution in [2.45, 2.75) is 38.1 Å². The summed E-state index contributed by atoms with van der Waals surface area (Å²) in [6, 6.07) is 1.58. The fraction of sp³-hybridized carbons (Fsp3) is 0.688. The Morgan fingerprint density at radius 2 is 1.96 bits per heavy atom. The summed E-state index contributed by atoms with van der Waals surface area (Å²) in [6.07, 6.45) is 5.99. The maximum Gasteiger partial charge on any atom is 0.253 e. The van der Waals surface area contributed by atoms with Crippen LogP contribution in [0.15, 0.2) is 17.2 Å². The second kappa shape index (κ2) is 7.25. The zero-order chi connectivity index (χ0) is 18.0. The molecule has 1 aliphatic carbocycles. The van der Waals surface area contributed by atoms with Crippen LogP contribution in [0, 0.1) is 5.92 Å². The molecule has 1 amide bonds. The van der Waals surface area contributed by atoms with Crippen LogP contribution in [0.3, 0.4) is 0 Å². The Balaban J connectivity index is 1.45. The number of nitrogens with one attached hydrogen (secondary N) is 1. The van der Waals surface area contributed by atoms with Crippen LogP contribution in [0.2, 0.25) is 0 Å². The molecule has 1 aliphatic heterocycles. The highest BCUT2D eigenvalue weighted by Gasteiger charge is 2.28. The standard InChI is InChI=1S/C16H24N4O4S/c1-25(23,24)20-7-4-13(5-8-20)16(22)17-6-9-19-11-18-14(10-15(19)21)12-2-3-12/h10-13H,2-9H2,1H3,(H,17,22). The van der Waals surface area contributed by atoms with Crippen molar-refractivity contribution < 1.29 is 13.2 Å². The number of piperidine rings is 1. The summed E-state index contributed by atoms with van der Waals surface area (Å²) in [7, 11) is -3.18. The summed E-state index contributed by atoms with van der Waals surface area (Å²) >= 11 is 0. The molecule has 138 valence electrons. The molecular formula is C16H24N4O4S. The molecule has 0 bridgehead atoms. The first kappa shape index (κ1) is 18.1. The SMILES string of the molecule is CS(=O)(=O)N1CCC(C(=O)NCCn2cnc(C3CC3)cc2=O)CC1. The minimum Gasteiger partial charge on any atom is -0.354 e. The highest BCUT2D eigenvalue weighted by atomic mass is 32.2. The smallest absolute Gasteiger partial charge is 0.253 e. The van der Waals surface area contributed by atoms with Crippen molar-refractivity contribution in [1.82, 2.24) is 19.2 Å². The average Bonchev–Trinajstić information content (AvgIpc) is 3.40. The van der Waals surface area contributed by atoms with Gasteiger partial charge in [-0.25, -0.2) is 17.7 Å². The molecule has 9 heteroatoms. The van der Waals surface area contributed by atoms with Crippen LogP contribution in [0.25, 0.3) is 0 Å². The van der Waals surface area contributed by atoms with Crippen molar-refractivity contribution in [3.8, 4) is 0 Å². The number of nitrogens with zero attached hydrogens (tertiary/aromatic N) is 3. The van der Waals surface area contributed by atoms with Crippen LogP contribution in [0.1, 0.15) is 37.3 Å². The maximum atomic E-state index is 12.2. The van der Waals surface area contributed by atoms with Crippen LogP contribution < -0.4 is 10.9 Å². The van der Waals surface area contributed by atoms with E-state index in [2.05, 4.69) is 10.3 Å². The fourth-order valence-corrected chi connectivity index (χ4v) is 3.98. The van der Waals surface area contributed by atoms with E-state index in [-0.39, 0.29) is 17.4 Å². The van der Waals surface area contributed by atoms with E-state index in [1.54, 1.807) is 12.4 Å². The summed E-state index contributed by atoms with van der Waals surface area (Å²) in [6.45, 7) is 1.49. The number of carbonyl (C=O) groups excluding carboxylic acids is 1. The Bertz CT molecular complexity index is 793. The van der Waals surface area contributed by atoms with Gasteiger partial charge >= 0.3 is 0 Å². The number of hydrogen-bond acceptors (Lipinski definition) is 5. The first-order valence-electron chi connectivity index (χ1n) is 8.64. The first-order valence-corrected chi connectivity index (χ1v) is 10.5. The minimum atomic E-state index is -3.18. The molecule has 0 spiro atoms. The number of sulfonamides is 1. The monoisotopic (exact) mass is 368 g/mol. The van der Waals surface area contributed by atoms with Gasteiger partial charge in [0.05, 0.1) is 18.3 Å². The molecule has 0 aromatic carbocycles. The molecule has 3 rings (SSSR count). The lowest BCUT2D eigenvalue weighted by molar-refractivity contribution is -0.126. The van der Waals surface area contributed by atoms with Crippen LogP contribution in [-0.4, -0.2) is 54.1 Å². The van der Waals surface area contributed by atoms with Gasteiger partial charge in [0.2, 0.25) is 15.9 Å². The summed E-state index contributed by atoms with van der Waals surface area (Å²) in [5.74, 6) is 0.189. The van der Waals surface area contributed by atoms with E-state index in [0.29, 0.717) is 44.9 Å². The lowest BCUT2D eigenvalue weighted by Crippen LogP contribution is -2.43. The predicted octanol–water partition coefficient (Wildman–Crippen LogP) is -0.0915. The topological polar surface area (TPSA) is 101 Å². The molecule has 1 N–H and O–H groups in total. The zero-order valence-corrected chi connectivity index (χ0v) is 15.2. The van der Waals surface area contributed by atoms with Gasteiger partial charge in [0.15, 0.2) is 0 Å². The maximum absolute atomic E-state index is 12.2. The zero-order valence-electron chi connectivity index (χ0n) is 14.3. The Morgan fingerprint density at radius 3 is 2.52 bits per heavy atom. The molecular weight excluding hydrogens is 344 g/mol. The lowest BCUT2D eigenvalue weighted by Gasteiger charge is -2.29. The predicted molar refractivity (Wildman–Crippen MR) is 92.6 cm³/mol. The summed E-state index contributed by atoms with van der Waals surface area (Å²) in [5.41, 5.74) is 0.774. The quantitative estimate of drug-likeness (QED) is 0.756. The van der Waals surface area contributed by atoms with Crippen LogP contribution in [-0.2, 0) is 21.4 Å². The number of carbonyl (C=O) groups is 1. The molecule has 1 saturated carbocycles. The molecule has 8 nitrogen and oxygen atoms in total. The molecule has 2 fully saturated rings. The Kier molecular flexibility index (Phi) is 5.24. The molecule has 25 heavy (non-hydrogen) atoms. The second-order valence-corrected chi connectivity index (χ2v) is 8.83. The largest absolute Gasteiger partial charge is 0.354 e. The fourth-order valence-electron chi connectivity index (χ4n) is 3.10. The molecule has 0 unspecified atom stereocenters. The average molecular weight is 368 g/mol. The number of amides is 1. The molecule has 0 radical (unpaired) electrons. The molecule has 0 atom stereocenters. The van der Waals surface area contributed by atoms with Crippen molar-refractivity contribution in [2.75, 3.05) is 25.9 Å². The first-order chi connectivity index (χ1) is 11.8. The normalized spacial score (nSPS) is 19.7. The summed E-state index contributed by atoms with van der Waals surface area (Å²) < 4.78 is 25.9. The van der Waals surface area contributed by atoms with Gasteiger partial charge in [-0.2, -0.15) is 0 Å². The molecule has 1 aromatic heterocycles. The van der Waals surface area contributed by atoms with E-state index < -0.39 is 10.0 Å². The molecule has 1 aromatic rings. The van der Waals surface area contributed by atoms with E-state index in [4.69, 9.17) is 0 Å². The van der Waals surface area contributed by atoms with E-state index in [9.17, 15) is 18.0 Å². The van der Waals surface area contributed by atoms with Crippen molar-refractivity contribution in [3.63, 3.8) is 0 Å². The van der Waals surface area contributed by atoms with Crippen LogP contribution >= 0.6 is 0 Å². The van der Waals surface area contributed by atoms with E-state index in [1.165, 1.54) is 15.1 Å². The third kappa shape index (κ3) is 4.66. The van der Waals surface area contributed by atoms with Gasteiger partial charge in [-0.15, -0.1) is 0 Å². The lowest BCUT2D eigenvalue weighted by atomic mass is 9.97. The van der Waals surface area contributed by atoms with Gasteiger partial charge in [0.25, 0.3) is 5.56 Å². The van der Waals surface area contributed by atoms with E-state index in [1.807, 2.05) is 0 Å². The third-order valence-corrected chi connectivity index (χ3v) is 6.15. The van der Waals surface area contributed by atoms with Gasteiger partial charge in [0, 0.05) is 44.1 Å². The number of aromatic nitrogens is 2.